The fourth-order valence-corrected chi connectivity index (χ4v) is 3.42. The molecule has 3 heterocycles. The molecule has 0 spiro atoms. The molecule has 8 heteroatoms. The predicted molar refractivity (Wildman–Crippen MR) is 115 cm³/mol. The lowest BCUT2D eigenvalue weighted by molar-refractivity contribution is -0.212. The van der Waals surface area contributed by atoms with Crippen molar-refractivity contribution in [3.8, 4) is 6.07 Å². The Balaban J connectivity index is 1.78. The summed E-state index contributed by atoms with van der Waals surface area (Å²) in [5.41, 5.74) is -0.184. The van der Waals surface area contributed by atoms with Crippen molar-refractivity contribution in [3.63, 3.8) is 0 Å². The van der Waals surface area contributed by atoms with Crippen LogP contribution in [-0.2, 0) is 6.42 Å². The van der Waals surface area contributed by atoms with Gasteiger partial charge in [0.1, 0.15) is 5.54 Å². The Morgan fingerprint density at radius 2 is 1.97 bits per heavy atom. The van der Waals surface area contributed by atoms with E-state index in [-0.39, 0.29) is 12.3 Å². The van der Waals surface area contributed by atoms with Crippen molar-refractivity contribution in [2.75, 3.05) is 0 Å². The van der Waals surface area contributed by atoms with Crippen LogP contribution in [0.25, 0.3) is 22.2 Å². The maximum Gasteiger partial charge on any atom is 0.394 e. The molecule has 32 heavy (non-hydrogen) atoms. The quantitative estimate of drug-likeness (QED) is 0.569. The minimum absolute atomic E-state index is 0.00336. The zero-order valence-corrected chi connectivity index (χ0v) is 17.8. The molecular formula is C24H21F3N4O. The molecule has 0 bridgehead atoms. The van der Waals surface area contributed by atoms with Crippen LogP contribution in [0.15, 0.2) is 59.3 Å². The van der Waals surface area contributed by atoms with Crippen molar-refractivity contribution in [2.45, 2.75) is 38.9 Å². The fourth-order valence-electron chi connectivity index (χ4n) is 3.42. The van der Waals surface area contributed by atoms with E-state index in [9.17, 15) is 18.4 Å². The van der Waals surface area contributed by atoms with Gasteiger partial charge in [0.05, 0.1) is 28.9 Å². The first-order chi connectivity index (χ1) is 15.0. The second-order valence-corrected chi connectivity index (χ2v) is 8.65. The van der Waals surface area contributed by atoms with Gasteiger partial charge in [-0.25, -0.2) is 4.98 Å². The first kappa shape index (κ1) is 21.6. The molecule has 1 N–H and O–H groups in total. The minimum atomic E-state index is -4.38. The van der Waals surface area contributed by atoms with Gasteiger partial charge in [-0.15, -0.1) is 0 Å². The summed E-state index contributed by atoms with van der Waals surface area (Å²) >= 11 is 0. The molecule has 0 fully saturated rings. The molecular weight excluding hydrogens is 417 g/mol. The Labute approximate surface area is 183 Å². The third kappa shape index (κ3) is 3.98. The number of rotatable bonds is 4. The molecule has 164 valence electrons. The van der Waals surface area contributed by atoms with Crippen molar-refractivity contribution < 1.29 is 17.6 Å². The average Bonchev–Trinajstić information content (AvgIpc) is 3.20. The third-order valence-electron chi connectivity index (χ3n) is 5.54. The van der Waals surface area contributed by atoms with E-state index in [4.69, 9.17) is 4.42 Å². The molecule has 1 atom stereocenters. The van der Waals surface area contributed by atoms with Crippen molar-refractivity contribution in [3.05, 3.63) is 72.1 Å². The molecule has 3 aromatic rings. The number of pyridine rings is 1. The van der Waals surface area contributed by atoms with Crippen LogP contribution in [0.2, 0.25) is 0 Å². The summed E-state index contributed by atoms with van der Waals surface area (Å²) in [6, 6.07) is 11.7. The summed E-state index contributed by atoms with van der Waals surface area (Å²) in [5, 5.41) is 13.8. The van der Waals surface area contributed by atoms with Gasteiger partial charge in [0, 0.05) is 29.1 Å². The topological polar surface area (TPSA) is 74.7 Å². The van der Waals surface area contributed by atoms with Crippen molar-refractivity contribution in [1.29, 1.82) is 5.26 Å². The van der Waals surface area contributed by atoms with E-state index in [1.165, 1.54) is 6.20 Å². The van der Waals surface area contributed by atoms with E-state index in [1.54, 1.807) is 25.3 Å². The Bertz CT molecular complexity index is 1280. The highest BCUT2D eigenvalue weighted by Gasteiger charge is 2.48. The predicted octanol–water partition coefficient (Wildman–Crippen LogP) is 5.66. The molecule has 5 nitrogen and oxygen atoms in total. The molecule has 0 saturated carbocycles. The van der Waals surface area contributed by atoms with Gasteiger partial charge in [-0.2, -0.15) is 18.4 Å². The third-order valence-corrected chi connectivity index (χ3v) is 5.54. The molecule has 0 aliphatic carbocycles. The number of allylic oxidation sites excluding steroid dienone is 2. The molecule has 0 amide bonds. The van der Waals surface area contributed by atoms with Crippen LogP contribution < -0.4 is 5.32 Å². The molecule has 2 aromatic heterocycles. The summed E-state index contributed by atoms with van der Waals surface area (Å²) in [6.45, 7) is 3.96. The first-order valence-corrected chi connectivity index (χ1v) is 10.0. The average molecular weight is 438 g/mol. The normalized spacial score (nSPS) is 19.2. The maximum atomic E-state index is 13.3. The van der Waals surface area contributed by atoms with Crippen LogP contribution in [0.4, 0.5) is 13.2 Å². The Kier molecular flexibility index (Phi) is 5.08. The molecule has 0 radical (unpaired) electrons. The van der Waals surface area contributed by atoms with Gasteiger partial charge in [0.15, 0.2) is 11.7 Å². The number of hydrogen-bond donors (Lipinski definition) is 1. The molecule has 1 aromatic carbocycles. The number of hydrogen-bond acceptors (Lipinski definition) is 5. The maximum absolute atomic E-state index is 13.3. The highest BCUT2D eigenvalue weighted by molar-refractivity contribution is 5.97. The second-order valence-electron chi connectivity index (χ2n) is 8.65. The van der Waals surface area contributed by atoms with Gasteiger partial charge in [-0.05, 0) is 31.2 Å². The van der Waals surface area contributed by atoms with Gasteiger partial charge in [-0.3, -0.25) is 4.98 Å². The van der Waals surface area contributed by atoms with E-state index >= 15 is 0 Å². The zero-order chi connectivity index (χ0) is 23.1. The summed E-state index contributed by atoms with van der Waals surface area (Å²) in [5.74, 6) is 0.314. The highest BCUT2D eigenvalue weighted by Crippen LogP contribution is 2.40. The summed E-state index contributed by atoms with van der Waals surface area (Å²) in [7, 11) is 0. The van der Waals surface area contributed by atoms with Crippen molar-refractivity contribution >= 4 is 22.2 Å². The molecule has 4 rings (SSSR count). The summed E-state index contributed by atoms with van der Waals surface area (Å²) in [4.78, 5) is 8.47. The van der Waals surface area contributed by atoms with Gasteiger partial charge >= 0.3 is 6.18 Å². The number of nitriles is 1. The summed E-state index contributed by atoms with van der Waals surface area (Å²) < 4.78 is 45.6. The number of nitrogens with zero attached hydrogens (tertiary/aromatic N) is 3. The summed E-state index contributed by atoms with van der Waals surface area (Å²) in [6.07, 6.45) is 1.76. The number of aromatic nitrogens is 2. The number of dihydropyridines is 1. The smallest absolute Gasteiger partial charge is 0.394 e. The number of nitrogens with one attached hydrogen (secondary N) is 1. The van der Waals surface area contributed by atoms with E-state index in [0.29, 0.717) is 17.0 Å². The van der Waals surface area contributed by atoms with E-state index in [0.717, 1.165) is 30.3 Å². The van der Waals surface area contributed by atoms with Crippen LogP contribution >= 0.6 is 0 Å². The lowest BCUT2D eigenvalue weighted by atomic mass is 9.88. The molecule has 1 aliphatic rings. The first-order valence-electron chi connectivity index (χ1n) is 10.0. The van der Waals surface area contributed by atoms with Gasteiger partial charge in [-0.1, -0.05) is 32.0 Å². The second kappa shape index (κ2) is 7.52. The van der Waals surface area contributed by atoms with Gasteiger partial charge < -0.3 is 9.73 Å². The lowest BCUT2D eigenvalue weighted by Crippen LogP contribution is -2.39. The van der Waals surface area contributed by atoms with Crippen LogP contribution in [-0.4, -0.2) is 21.7 Å². The number of fused-ring (bicyclic) bond motifs is 1. The highest BCUT2D eigenvalue weighted by atomic mass is 19.4. The molecule has 1 aliphatic heterocycles. The largest absolute Gasteiger partial charge is 0.441 e. The number of benzene rings is 1. The van der Waals surface area contributed by atoms with Gasteiger partial charge in [0.2, 0.25) is 0 Å². The SMILES string of the molecule is CC1(C#N)C=CC(c2cnc(CC(C)(C)C(F)(F)F)o2)=C(c2ccc3cccnc3c2)N1. The Morgan fingerprint density at radius 3 is 2.69 bits per heavy atom. The van der Waals surface area contributed by atoms with E-state index in [2.05, 4.69) is 21.4 Å². The Hall–Kier alpha value is -3.60. The monoisotopic (exact) mass is 438 g/mol. The standard InChI is InChI=1S/C24H21F3N4O/c1-22(2,24(25,26)27)12-20-30-13-19(32-20)17-8-9-23(3,14-28)31-21(17)16-7-6-15-5-4-10-29-18(15)11-16/h4-11,13,31H,12H2,1-3H3. The van der Waals surface area contributed by atoms with Crippen LogP contribution in [0.5, 0.6) is 0 Å². The molecule has 1 unspecified atom stereocenters. The van der Waals surface area contributed by atoms with Crippen LogP contribution in [0.1, 0.15) is 38.0 Å². The zero-order valence-electron chi connectivity index (χ0n) is 17.8. The fraction of sp³-hybridized carbons (Fsp3) is 0.292. The number of halogens is 3. The molecule has 0 saturated heterocycles. The number of alkyl halides is 3. The van der Waals surface area contributed by atoms with Crippen molar-refractivity contribution in [1.82, 2.24) is 15.3 Å². The minimum Gasteiger partial charge on any atom is -0.441 e. The van der Waals surface area contributed by atoms with Crippen molar-refractivity contribution in [2.24, 2.45) is 5.41 Å². The number of oxazole rings is 1. The Morgan fingerprint density at radius 1 is 1.19 bits per heavy atom. The lowest BCUT2D eigenvalue weighted by Gasteiger charge is -2.28. The van der Waals surface area contributed by atoms with Crippen LogP contribution in [0.3, 0.4) is 0 Å². The van der Waals surface area contributed by atoms with E-state index < -0.39 is 17.1 Å². The van der Waals surface area contributed by atoms with E-state index in [1.807, 2.05) is 30.3 Å². The van der Waals surface area contributed by atoms with Gasteiger partial charge in [0.25, 0.3) is 0 Å². The van der Waals surface area contributed by atoms with Crippen LogP contribution in [0, 0.1) is 16.7 Å².